The zero-order chi connectivity index (χ0) is 19.5. The summed E-state index contributed by atoms with van der Waals surface area (Å²) in [7, 11) is 0. The van der Waals surface area contributed by atoms with Crippen molar-refractivity contribution in [2.45, 2.75) is 51.9 Å². The average molecular weight is 374 g/mol. The Labute approximate surface area is 148 Å². The lowest BCUT2D eigenvalue weighted by molar-refractivity contribution is -0.138. The molecule has 2 aromatic rings. The third-order valence-corrected chi connectivity index (χ3v) is 4.33. The Balaban J connectivity index is 0.00000117. The maximum absolute atomic E-state index is 13.2. The molecular weight excluding hydrogens is 354 g/mol. The first-order valence-corrected chi connectivity index (χ1v) is 8.52. The smallest absolute Gasteiger partial charge is 0.166 e. The van der Waals surface area contributed by atoms with Gasteiger partial charge in [-0.05, 0) is 60.1 Å². The van der Waals surface area contributed by atoms with E-state index in [1.807, 2.05) is 13.8 Å². The van der Waals surface area contributed by atoms with Crippen LogP contribution in [0.5, 0.6) is 0 Å². The van der Waals surface area contributed by atoms with E-state index in [1.165, 1.54) is 12.1 Å². The highest BCUT2D eigenvalue weighted by Crippen LogP contribution is 2.36. The lowest BCUT2D eigenvalue weighted by Gasteiger charge is -2.19. The minimum absolute atomic E-state index is 0.0474. The van der Waals surface area contributed by atoms with E-state index in [0.717, 1.165) is 12.1 Å². The van der Waals surface area contributed by atoms with Crippen LogP contribution in [0.1, 0.15) is 47.2 Å². The zero-order valence-electron chi connectivity index (χ0n) is 14.6. The van der Waals surface area contributed by atoms with Crippen LogP contribution < -0.4 is 0 Å². The zero-order valence-corrected chi connectivity index (χ0v) is 14.6. The lowest BCUT2D eigenvalue weighted by atomic mass is 9.91. The number of halogens is 6. The quantitative estimate of drug-likeness (QED) is 0.454. The van der Waals surface area contributed by atoms with E-state index in [2.05, 4.69) is 0 Å². The molecule has 0 atom stereocenters. The standard InChI is InChI=1S/C18H14F6.C2H6/c19-17(20,21)15-9-11-1-5-13(15)8-4-12-2-6-14(7-3-11)16(10-12)18(22,23)24;1-2/h1-2,5-6,9-10H,3-4,7-8H2;1-2H3. The first kappa shape index (κ1) is 20.3. The maximum Gasteiger partial charge on any atom is 0.416 e. The monoisotopic (exact) mass is 374 g/mol. The van der Waals surface area contributed by atoms with Crippen LogP contribution >= 0.6 is 0 Å². The molecule has 0 fully saturated rings. The maximum atomic E-state index is 13.2. The van der Waals surface area contributed by atoms with Crippen LogP contribution in [0, 0.1) is 0 Å². The molecule has 4 bridgehead atoms. The average Bonchev–Trinajstić information content (AvgIpc) is 2.57. The number of hydrogen-bond acceptors (Lipinski definition) is 0. The first-order valence-electron chi connectivity index (χ1n) is 8.52. The van der Waals surface area contributed by atoms with E-state index in [0.29, 0.717) is 11.1 Å². The third kappa shape index (κ3) is 4.59. The fourth-order valence-electron chi connectivity index (χ4n) is 3.08. The summed E-state index contributed by atoms with van der Waals surface area (Å²) in [5.41, 5.74) is -0.362. The number of hydrogen-bond donors (Lipinski definition) is 0. The second-order valence-corrected chi connectivity index (χ2v) is 5.98. The molecule has 0 radical (unpaired) electrons. The molecule has 0 saturated heterocycles. The summed E-state index contributed by atoms with van der Waals surface area (Å²) in [6.45, 7) is 4.00. The van der Waals surface area contributed by atoms with Gasteiger partial charge < -0.3 is 0 Å². The Morgan fingerprint density at radius 3 is 1.23 bits per heavy atom. The van der Waals surface area contributed by atoms with Crippen molar-refractivity contribution in [1.82, 2.24) is 0 Å². The van der Waals surface area contributed by atoms with Crippen LogP contribution in [-0.2, 0) is 38.0 Å². The molecule has 4 aliphatic carbocycles. The fourth-order valence-corrected chi connectivity index (χ4v) is 3.08. The van der Waals surface area contributed by atoms with Gasteiger partial charge in [-0.15, -0.1) is 0 Å². The molecule has 0 unspecified atom stereocenters. The SMILES string of the molecule is CC.FC(F)(F)c1cc2ccc1CCc1ccc(c(C(F)(F)F)c1)CC2. The molecule has 0 N–H and O–H groups in total. The van der Waals surface area contributed by atoms with Crippen molar-refractivity contribution in [3.8, 4) is 0 Å². The van der Waals surface area contributed by atoms with Crippen LogP contribution in [0.4, 0.5) is 26.3 Å². The number of rotatable bonds is 0. The highest BCUT2D eigenvalue weighted by atomic mass is 19.4. The van der Waals surface area contributed by atoms with E-state index in [9.17, 15) is 26.3 Å². The van der Waals surface area contributed by atoms with Gasteiger partial charge in [0, 0.05) is 0 Å². The molecule has 2 aromatic carbocycles. The second kappa shape index (κ2) is 7.72. The Hall–Kier alpha value is -1.98. The molecule has 142 valence electrons. The Morgan fingerprint density at radius 2 is 0.923 bits per heavy atom. The van der Waals surface area contributed by atoms with Crippen LogP contribution in [0.15, 0.2) is 36.4 Å². The topological polar surface area (TPSA) is 0 Å². The molecule has 0 heterocycles. The van der Waals surface area contributed by atoms with Gasteiger partial charge in [0.25, 0.3) is 0 Å². The van der Waals surface area contributed by atoms with Gasteiger partial charge in [-0.3, -0.25) is 0 Å². The van der Waals surface area contributed by atoms with Gasteiger partial charge in [0.15, 0.2) is 0 Å². The highest BCUT2D eigenvalue weighted by Gasteiger charge is 2.35. The van der Waals surface area contributed by atoms with E-state index >= 15 is 0 Å². The van der Waals surface area contributed by atoms with Gasteiger partial charge >= 0.3 is 12.4 Å². The van der Waals surface area contributed by atoms with Crippen LogP contribution in [0.25, 0.3) is 0 Å². The van der Waals surface area contributed by atoms with Crippen LogP contribution in [-0.4, -0.2) is 0 Å². The van der Waals surface area contributed by atoms with Gasteiger partial charge in [0.2, 0.25) is 0 Å². The predicted molar refractivity (Wildman–Crippen MR) is 89.1 cm³/mol. The second-order valence-electron chi connectivity index (χ2n) is 5.98. The number of aryl methyl sites for hydroxylation is 4. The van der Waals surface area contributed by atoms with E-state index < -0.39 is 23.5 Å². The van der Waals surface area contributed by atoms with E-state index in [4.69, 9.17) is 0 Å². The van der Waals surface area contributed by atoms with Crippen molar-refractivity contribution in [2.24, 2.45) is 0 Å². The third-order valence-electron chi connectivity index (χ3n) is 4.33. The molecule has 0 aromatic heterocycles. The summed E-state index contributed by atoms with van der Waals surface area (Å²) in [4.78, 5) is 0. The molecule has 0 saturated carbocycles. The summed E-state index contributed by atoms with van der Waals surface area (Å²) in [6.07, 6.45) is -8.57. The molecule has 0 amide bonds. The Kier molecular flexibility index (Phi) is 6.04. The van der Waals surface area contributed by atoms with Gasteiger partial charge in [-0.25, -0.2) is 0 Å². The van der Waals surface area contributed by atoms with Crippen molar-refractivity contribution in [3.05, 3.63) is 69.8 Å². The largest absolute Gasteiger partial charge is 0.416 e. The Bertz CT molecular complexity index is 690. The first-order chi connectivity index (χ1) is 12.1. The molecule has 4 aliphatic rings. The summed E-state index contributed by atoms with van der Waals surface area (Å²) in [5.74, 6) is 0. The minimum atomic E-state index is -4.46. The van der Waals surface area contributed by atoms with Crippen molar-refractivity contribution in [3.63, 3.8) is 0 Å². The fraction of sp³-hybridized carbons (Fsp3) is 0.400. The molecule has 6 heteroatoms. The van der Waals surface area contributed by atoms with Gasteiger partial charge in [0.1, 0.15) is 0 Å². The minimum Gasteiger partial charge on any atom is -0.166 e. The predicted octanol–water partition coefficient (Wildman–Crippen LogP) is 6.63. The van der Waals surface area contributed by atoms with Crippen LogP contribution in [0.2, 0.25) is 0 Å². The summed E-state index contributed by atoms with van der Waals surface area (Å²) >= 11 is 0. The van der Waals surface area contributed by atoms with Crippen molar-refractivity contribution in [2.75, 3.05) is 0 Å². The van der Waals surface area contributed by atoms with E-state index in [1.54, 1.807) is 12.1 Å². The number of benzene rings is 2. The summed E-state index contributed by atoms with van der Waals surface area (Å²) < 4.78 is 79.3. The summed E-state index contributed by atoms with van der Waals surface area (Å²) in [6, 6.07) is 8.16. The van der Waals surface area contributed by atoms with Gasteiger partial charge in [-0.2, -0.15) is 26.3 Å². The normalized spacial score (nSPS) is 14.3. The summed E-state index contributed by atoms with van der Waals surface area (Å²) in [5, 5.41) is 0. The van der Waals surface area contributed by atoms with Crippen molar-refractivity contribution in [1.29, 1.82) is 0 Å². The van der Waals surface area contributed by atoms with Gasteiger partial charge in [-0.1, -0.05) is 38.1 Å². The van der Waals surface area contributed by atoms with Crippen LogP contribution in [0.3, 0.4) is 0 Å². The molecule has 0 nitrogen and oxygen atoms in total. The van der Waals surface area contributed by atoms with Crippen molar-refractivity contribution >= 4 is 0 Å². The van der Waals surface area contributed by atoms with Crippen molar-refractivity contribution < 1.29 is 26.3 Å². The molecule has 26 heavy (non-hydrogen) atoms. The Morgan fingerprint density at radius 1 is 0.577 bits per heavy atom. The number of alkyl halides is 6. The highest BCUT2D eigenvalue weighted by molar-refractivity contribution is 5.39. The molecule has 6 rings (SSSR count). The van der Waals surface area contributed by atoms with Gasteiger partial charge in [0.05, 0.1) is 11.1 Å². The van der Waals surface area contributed by atoms with E-state index in [-0.39, 0.29) is 36.8 Å². The molecule has 0 aliphatic heterocycles. The lowest BCUT2D eigenvalue weighted by Crippen LogP contribution is -2.14. The molecular formula is C20H20F6. The molecule has 0 spiro atoms.